The first-order valence-corrected chi connectivity index (χ1v) is 9.02. The minimum Gasteiger partial charge on any atom is -0.486 e. The number of piperidine rings is 1. The molecule has 0 N–H and O–H groups in total. The molecule has 0 saturated carbocycles. The summed E-state index contributed by atoms with van der Waals surface area (Å²) in [5.41, 5.74) is 1.30. The number of anilines is 1. The molecule has 2 aliphatic heterocycles. The topological polar surface area (TPSA) is 94.7 Å². The van der Waals surface area contributed by atoms with Crippen molar-refractivity contribution in [3.63, 3.8) is 0 Å². The van der Waals surface area contributed by atoms with Gasteiger partial charge in [-0.3, -0.25) is 4.79 Å². The molecule has 3 aromatic rings. The Balaban J connectivity index is 1.27. The van der Waals surface area contributed by atoms with Gasteiger partial charge in [0.15, 0.2) is 28.7 Å². The largest absolute Gasteiger partial charge is 0.486 e. The summed E-state index contributed by atoms with van der Waals surface area (Å²) in [4.78, 5) is 15.1. The minimum absolute atomic E-state index is 0.000534. The van der Waals surface area contributed by atoms with Crippen molar-refractivity contribution in [2.45, 2.75) is 12.8 Å². The number of rotatable bonds is 3. The summed E-state index contributed by atoms with van der Waals surface area (Å²) in [5, 5.41) is 15.7. The maximum atomic E-state index is 12.9. The van der Waals surface area contributed by atoms with Gasteiger partial charge in [-0.25, -0.2) is 0 Å². The second kappa shape index (κ2) is 6.49. The fourth-order valence-corrected chi connectivity index (χ4v) is 3.61. The predicted molar refractivity (Wildman–Crippen MR) is 95.3 cm³/mol. The van der Waals surface area contributed by atoms with E-state index in [1.165, 1.54) is 4.63 Å². The van der Waals surface area contributed by atoms with Crippen LogP contribution >= 0.6 is 0 Å². The molecule has 9 heteroatoms. The van der Waals surface area contributed by atoms with Crippen LogP contribution < -0.4 is 14.4 Å². The summed E-state index contributed by atoms with van der Waals surface area (Å²) in [6, 6.07) is 9.21. The van der Waals surface area contributed by atoms with Crippen LogP contribution in [-0.4, -0.2) is 57.3 Å². The van der Waals surface area contributed by atoms with Crippen LogP contribution in [0.5, 0.6) is 11.5 Å². The Morgan fingerprint density at radius 2 is 1.85 bits per heavy atom. The first-order chi connectivity index (χ1) is 13.3. The molecule has 0 bridgehead atoms. The first-order valence-electron chi connectivity index (χ1n) is 9.02. The Hall–Kier alpha value is -3.23. The zero-order chi connectivity index (χ0) is 18.2. The maximum Gasteiger partial charge on any atom is 0.200 e. The van der Waals surface area contributed by atoms with Gasteiger partial charge in [-0.1, -0.05) is 0 Å². The van der Waals surface area contributed by atoms with Crippen LogP contribution in [0.1, 0.15) is 23.2 Å². The second-order valence-corrected chi connectivity index (χ2v) is 6.70. The average molecular weight is 366 g/mol. The van der Waals surface area contributed by atoms with Crippen molar-refractivity contribution in [1.82, 2.24) is 25.3 Å². The van der Waals surface area contributed by atoms with E-state index in [1.54, 1.807) is 6.07 Å². The van der Waals surface area contributed by atoms with Crippen molar-refractivity contribution in [1.29, 1.82) is 0 Å². The van der Waals surface area contributed by atoms with Gasteiger partial charge in [0.1, 0.15) is 13.2 Å². The number of hydrogen-bond acceptors (Lipinski definition) is 8. The molecule has 0 unspecified atom stereocenters. The van der Waals surface area contributed by atoms with Gasteiger partial charge in [0.2, 0.25) is 0 Å². The predicted octanol–water partition coefficient (Wildman–Crippen LogP) is 1.39. The monoisotopic (exact) mass is 366 g/mol. The lowest BCUT2D eigenvalue weighted by Gasteiger charge is -2.32. The summed E-state index contributed by atoms with van der Waals surface area (Å²) in [5.74, 6) is 2.34. The minimum atomic E-state index is 0.000534. The molecule has 4 heterocycles. The van der Waals surface area contributed by atoms with Gasteiger partial charge < -0.3 is 14.4 Å². The third kappa shape index (κ3) is 2.94. The smallest absolute Gasteiger partial charge is 0.200 e. The number of carbonyl (C=O) groups excluding carboxylic acids is 1. The van der Waals surface area contributed by atoms with Crippen molar-refractivity contribution in [2.75, 3.05) is 31.2 Å². The summed E-state index contributed by atoms with van der Waals surface area (Å²) in [7, 11) is 0. The first kappa shape index (κ1) is 16.0. The number of Topliss-reactive ketones (excluding diaryl/α,β-unsaturated/α-hetero) is 1. The Bertz CT molecular complexity index is 996. The Kier molecular flexibility index (Phi) is 3.84. The molecule has 0 aliphatic carbocycles. The lowest BCUT2D eigenvalue weighted by atomic mass is 9.88. The number of aromatic nitrogens is 5. The highest BCUT2D eigenvalue weighted by atomic mass is 16.6. The van der Waals surface area contributed by atoms with Gasteiger partial charge >= 0.3 is 0 Å². The van der Waals surface area contributed by atoms with E-state index >= 15 is 0 Å². The summed E-state index contributed by atoms with van der Waals surface area (Å²) in [6.07, 6.45) is 1.56. The highest BCUT2D eigenvalue weighted by molar-refractivity contribution is 5.98. The Labute approximate surface area is 154 Å². The molecule has 9 nitrogen and oxygen atoms in total. The van der Waals surface area contributed by atoms with Crippen LogP contribution in [0.15, 0.2) is 30.3 Å². The van der Waals surface area contributed by atoms with Crippen LogP contribution in [0.4, 0.5) is 5.82 Å². The van der Waals surface area contributed by atoms with Gasteiger partial charge in [-0.15, -0.1) is 14.8 Å². The van der Waals surface area contributed by atoms with E-state index in [1.807, 2.05) is 24.3 Å². The van der Waals surface area contributed by atoms with Crippen LogP contribution in [0, 0.1) is 5.92 Å². The van der Waals surface area contributed by atoms with Crippen LogP contribution in [0.25, 0.3) is 5.65 Å². The van der Waals surface area contributed by atoms with Gasteiger partial charge in [0.05, 0.1) is 0 Å². The highest BCUT2D eigenvalue weighted by Crippen LogP contribution is 2.33. The molecule has 27 heavy (non-hydrogen) atoms. The Morgan fingerprint density at radius 1 is 1.04 bits per heavy atom. The molecule has 138 valence electrons. The number of carbonyl (C=O) groups is 1. The SMILES string of the molecule is O=C(c1ccc2c(c1)OCCO2)C1CCN(c2ccc3nnnn3n2)CC1. The van der Waals surface area contributed by atoms with E-state index in [0.29, 0.717) is 35.9 Å². The van der Waals surface area contributed by atoms with Crippen molar-refractivity contribution in [3.05, 3.63) is 35.9 Å². The third-order valence-electron chi connectivity index (χ3n) is 5.07. The number of fused-ring (bicyclic) bond motifs is 2. The molecule has 2 aliphatic rings. The molecule has 1 fully saturated rings. The number of tetrazole rings is 1. The van der Waals surface area contributed by atoms with E-state index in [9.17, 15) is 4.79 Å². The molecular weight excluding hydrogens is 348 g/mol. The lowest BCUT2D eigenvalue weighted by Crippen LogP contribution is -2.37. The van der Waals surface area contributed by atoms with E-state index in [-0.39, 0.29) is 11.7 Å². The fourth-order valence-electron chi connectivity index (χ4n) is 3.61. The van der Waals surface area contributed by atoms with E-state index in [2.05, 4.69) is 25.5 Å². The van der Waals surface area contributed by atoms with E-state index in [0.717, 1.165) is 31.7 Å². The summed E-state index contributed by atoms with van der Waals surface area (Å²) >= 11 is 0. The van der Waals surface area contributed by atoms with E-state index in [4.69, 9.17) is 9.47 Å². The molecular formula is C18H18N6O3. The molecule has 0 amide bonds. The van der Waals surface area contributed by atoms with Gasteiger partial charge in [-0.05, 0) is 53.6 Å². The number of ketones is 1. The van der Waals surface area contributed by atoms with Crippen molar-refractivity contribution in [3.8, 4) is 11.5 Å². The molecule has 2 aromatic heterocycles. The standard InChI is InChI=1S/C18H18N6O3/c25-18(13-1-2-14-15(11-13)27-10-9-26-14)12-5-7-23(8-6-12)17-4-3-16-19-21-22-24(16)20-17/h1-4,11-12H,5-10H2. The van der Waals surface area contributed by atoms with Crippen molar-refractivity contribution < 1.29 is 14.3 Å². The van der Waals surface area contributed by atoms with Crippen LogP contribution in [0.2, 0.25) is 0 Å². The Morgan fingerprint density at radius 3 is 2.70 bits per heavy atom. The second-order valence-electron chi connectivity index (χ2n) is 6.70. The average Bonchev–Trinajstić information content (AvgIpc) is 3.21. The summed E-state index contributed by atoms with van der Waals surface area (Å²) in [6.45, 7) is 2.59. The van der Waals surface area contributed by atoms with Gasteiger partial charge in [0, 0.05) is 24.6 Å². The molecule has 0 radical (unpaired) electrons. The van der Waals surface area contributed by atoms with Crippen LogP contribution in [0.3, 0.4) is 0 Å². The lowest BCUT2D eigenvalue weighted by molar-refractivity contribution is 0.0899. The number of benzene rings is 1. The molecule has 5 rings (SSSR count). The number of hydrogen-bond donors (Lipinski definition) is 0. The zero-order valence-electron chi connectivity index (χ0n) is 14.6. The number of nitrogens with zero attached hydrogens (tertiary/aromatic N) is 6. The fraction of sp³-hybridized carbons (Fsp3) is 0.389. The number of ether oxygens (including phenoxy) is 2. The molecule has 0 atom stereocenters. The molecule has 1 saturated heterocycles. The third-order valence-corrected chi connectivity index (χ3v) is 5.07. The zero-order valence-corrected chi connectivity index (χ0v) is 14.6. The quantitative estimate of drug-likeness (QED) is 0.642. The van der Waals surface area contributed by atoms with Crippen molar-refractivity contribution in [2.24, 2.45) is 5.92 Å². The highest BCUT2D eigenvalue weighted by Gasteiger charge is 2.27. The molecule has 1 aromatic carbocycles. The summed E-state index contributed by atoms with van der Waals surface area (Å²) < 4.78 is 12.5. The van der Waals surface area contributed by atoms with Crippen LogP contribution in [-0.2, 0) is 0 Å². The maximum absolute atomic E-state index is 12.9. The van der Waals surface area contributed by atoms with Gasteiger partial charge in [0.25, 0.3) is 0 Å². The van der Waals surface area contributed by atoms with Gasteiger partial charge in [-0.2, -0.15) is 0 Å². The normalized spacial score (nSPS) is 17.3. The van der Waals surface area contributed by atoms with Crippen molar-refractivity contribution >= 4 is 17.2 Å². The molecule has 0 spiro atoms. The van der Waals surface area contributed by atoms with E-state index < -0.39 is 0 Å².